The van der Waals surface area contributed by atoms with E-state index in [1.54, 1.807) is 0 Å². The van der Waals surface area contributed by atoms with Gasteiger partial charge in [0.25, 0.3) is 0 Å². The highest BCUT2D eigenvalue weighted by Gasteiger charge is 2.70. The number of aliphatic hydroxyl groups excluding tert-OH is 1. The first kappa shape index (κ1) is 34.6. The van der Waals surface area contributed by atoms with Gasteiger partial charge >= 0.3 is 5.97 Å². The molecule has 9 atom stereocenters. The maximum atomic E-state index is 13.7. The molecule has 0 aliphatic heterocycles. The van der Waals surface area contributed by atoms with Crippen LogP contribution in [0.2, 0.25) is 0 Å². The van der Waals surface area contributed by atoms with Gasteiger partial charge in [-0.05, 0) is 133 Å². The lowest BCUT2D eigenvalue weighted by molar-refractivity contribution is -0.494. The van der Waals surface area contributed by atoms with Gasteiger partial charge in [0.15, 0.2) is 5.78 Å². The van der Waals surface area contributed by atoms with Crippen LogP contribution in [0, 0.1) is 66.8 Å². The smallest absolute Gasteiger partial charge is 0.309 e. The van der Waals surface area contributed by atoms with E-state index in [1.807, 2.05) is 6.92 Å². The summed E-state index contributed by atoms with van der Waals surface area (Å²) in [5.41, 5.74) is 4.24. The van der Waals surface area contributed by atoms with Crippen molar-refractivity contribution in [3.8, 4) is 0 Å². The van der Waals surface area contributed by atoms with Gasteiger partial charge in [-0.3, -0.25) is 19.7 Å². The Hall–Kier alpha value is -2.28. The van der Waals surface area contributed by atoms with E-state index < -0.39 is 23.0 Å². The first-order valence-electron chi connectivity index (χ1n) is 18.6. The highest BCUT2D eigenvalue weighted by atomic mass is 16.6. The minimum Gasteiger partial charge on any atom is -0.466 e. The molecule has 0 radical (unpaired) electrons. The maximum Gasteiger partial charge on any atom is 0.309 e. The van der Waals surface area contributed by atoms with Crippen molar-refractivity contribution in [2.24, 2.45) is 56.7 Å². The second kappa shape index (κ2) is 11.7. The van der Waals surface area contributed by atoms with Crippen LogP contribution in [0.5, 0.6) is 0 Å². The molecule has 6 rings (SSSR count). The van der Waals surface area contributed by atoms with Crippen molar-refractivity contribution >= 4 is 11.8 Å². The zero-order valence-corrected chi connectivity index (χ0v) is 30.2. The van der Waals surface area contributed by atoms with Crippen molar-refractivity contribution in [1.29, 1.82) is 0 Å². The first-order chi connectivity index (χ1) is 22.0. The summed E-state index contributed by atoms with van der Waals surface area (Å²) in [5, 5.41) is 23.1. The summed E-state index contributed by atoms with van der Waals surface area (Å²) in [7, 11) is 0. The number of carbonyl (C=O) groups excluding carboxylic acids is 2. The van der Waals surface area contributed by atoms with E-state index in [2.05, 4.69) is 60.6 Å². The van der Waals surface area contributed by atoms with Gasteiger partial charge in [-0.25, -0.2) is 0 Å². The Labute approximate surface area is 282 Å². The number of esters is 1. The van der Waals surface area contributed by atoms with Gasteiger partial charge in [-0.2, -0.15) is 0 Å². The standard InChI is InChI=1S/C40H59NO6/c1-9-47-35(44)26-12-10-25(11-13-26)27-16-18-37(6)30(36(27,4)5)17-19-39(8)31(37)15-14-28-34-33(24(2)3)29(42)22-40(34,21-20-38(28,39)7)32(43)23-41(45)46/h10,16,24,26,28,30-32,43H,9,11-15,17-23H2,1-8H3/t26?,28-,30+,31-,32?,37+,38-,39-,40+/m1/s1. The molecule has 0 spiro atoms. The second-order valence-corrected chi connectivity index (χ2v) is 17.9. The molecule has 0 aromatic rings. The Kier molecular flexibility index (Phi) is 8.58. The lowest BCUT2D eigenvalue weighted by Crippen LogP contribution is -2.64. The molecule has 6 aliphatic carbocycles. The van der Waals surface area contributed by atoms with Gasteiger partial charge in [0.05, 0.1) is 12.5 Å². The largest absolute Gasteiger partial charge is 0.466 e. The van der Waals surface area contributed by atoms with Crippen LogP contribution < -0.4 is 0 Å². The van der Waals surface area contributed by atoms with Crippen LogP contribution >= 0.6 is 0 Å². The average molecular weight is 650 g/mol. The molecule has 0 bridgehead atoms. The lowest BCUT2D eigenvalue weighted by Gasteiger charge is -2.71. The zero-order chi connectivity index (χ0) is 34.3. The summed E-state index contributed by atoms with van der Waals surface area (Å²) in [6, 6.07) is 0. The molecule has 2 unspecified atom stereocenters. The summed E-state index contributed by atoms with van der Waals surface area (Å²) in [6.45, 7) is 18.5. The van der Waals surface area contributed by atoms with Crippen molar-refractivity contribution in [2.45, 2.75) is 132 Å². The highest BCUT2D eigenvalue weighted by Crippen LogP contribution is 2.77. The number of rotatable bonds is 7. The summed E-state index contributed by atoms with van der Waals surface area (Å²) < 4.78 is 5.33. The summed E-state index contributed by atoms with van der Waals surface area (Å²) in [6.07, 6.45) is 13.4. The van der Waals surface area contributed by atoms with Crippen LogP contribution in [0.25, 0.3) is 0 Å². The minimum atomic E-state index is -1.14. The molecular formula is C40H59NO6. The van der Waals surface area contributed by atoms with Gasteiger partial charge in [0, 0.05) is 16.8 Å². The Morgan fingerprint density at radius 1 is 1.02 bits per heavy atom. The normalized spacial score (nSPS) is 41.6. The van der Waals surface area contributed by atoms with Crippen molar-refractivity contribution in [3.05, 3.63) is 44.6 Å². The molecule has 3 fully saturated rings. The number of ether oxygens (including phenoxy) is 1. The van der Waals surface area contributed by atoms with E-state index in [4.69, 9.17) is 4.74 Å². The van der Waals surface area contributed by atoms with Crippen molar-refractivity contribution in [1.82, 2.24) is 0 Å². The number of nitro groups is 1. The van der Waals surface area contributed by atoms with E-state index in [0.29, 0.717) is 24.9 Å². The fraction of sp³-hybridized carbons (Fsp3) is 0.800. The third-order valence-corrected chi connectivity index (χ3v) is 15.4. The van der Waals surface area contributed by atoms with Crippen LogP contribution in [-0.2, 0) is 14.3 Å². The quantitative estimate of drug-likeness (QED) is 0.169. The van der Waals surface area contributed by atoms with Crippen molar-refractivity contribution in [2.75, 3.05) is 13.2 Å². The van der Waals surface area contributed by atoms with Gasteiger partial charge in [0.2, 0.25) is 6.54 Å². The number of hydrogen-bond donors (Lipinski definition) is 1. The maximum absolute atomic E-state index is 13.7. The average Bonchev–Trinajstić information content (AvgIpc) is 3.30. The Morgan fingerprint density at radius 2 is 1.74 bits per heavy atom. The number of carbonyl (C=O) groups is 2. The summed E-state index contributed by atoms with van der Waals surface area (Å²) in [4.78, 5) is 37.4. The second-order valence-electron chi connectivity index (χ2n) is 17.9. The minimum absolute atomic E-state index is 0.0221. The Balaban J connectivity index is 1.34. The number of fused-ring (bicyclic) bond motifs is 7. The van der Waals surface area contributed by atoms with Crippen molar-refractivity contribution < 1.29 is 24.4 Å². The lowest BCUT2D eigenvalue weighted by atomic mass is 9.33. The fourth-order valence-electron chi connectivity index (χ4n) is 13.1. The third kappa shape index (κ3) is 4.89. The van der Waals surface area contributed by atoms with Gasteiger partial charge in [-0.15, -0.1) is 0 Å². The number of allylic oxidation sites excluding steroid dienone is 5. The molecule has 1 N–H and O–H groups in total. The van der Waals surface area contributed by atoms with Crippen LogP contribution in [0.3, 0.4) is 0 Å². The van der Waals surface area contributed by atoms with Gasteiger partial charge in [0.1, 0.15) is 6.10 Å². The molecule has 0 amide bonds. The molecule has 7 nitrogen and oxygen atoms in total. The van der Waals surface area contributed by atoms with Gasteiger partial charge in [-0.1, -0.05) is 66.2 Å². The van der Waals surface area contributed by atoms with E-state index in [0.717, 1.165) is 68.9 Å². The number of aliphatic hydroxyl groups is 1. The van der Waals surface area contributed by atoms with E-state index in [1.165, 1.54) is 11.1 Å². The predicted molar refractivity (Wildman–Crippen MR) is 183 cm³/mol. The van der Waals surface area contributed by atoms with Crippen LogP contribution in [0.1, 0.15) is 126 Å². The molecule has 0 heterocycles. The SMILES string of the molecule is CCOC(=O)C1CC=C(C2=CC[C@]3(C)[C@H]4CC[C@@H]5C6=C(C(C)C)C(=O)C[C@]6(C(O)C[N+](=O)[O-])CC[C@@]5(C)[C@]4(C)CC[C@H]3C2(C)C)CC1. The van der Waals surface area contributed by atoms with Crippen LogP contribution in [0.15, 0.2) is 34.4 Å². The molecule has 3 saturated carbocycles. The zero-order valence-electron chi connectivity index (χ0n) is 30.2. The van der Waals surface area contributed by atoms with Gasteiger partial charge < -0.3 is 9.84 Å². The Bertz CT molecular complexity index is 1440. The van der Waals surface area contributed by atoms with E-state index >= 15 is 0 Å². The molecular weight excluding hydrogens is 590 g/mol. The van der Waals surface area contributed by atoms with Crippen LogP contribution in [-0.4, -0.2) is 41.0 Å². The highest BCUT2D eigenvalue weighted by molar-refractivity contribution is 6.00. The predicted octanol–water partition coefficient (Wildman–Crippen LogP) is 8.43. The van der Waals surface area contributed by atoms with E-state index in [-0.39, 0.29) is 57.6 Å². The number of nitrogens with zero attached hydrogens (tertiary/aromatic N) is 1. The molecule has 260 valence electrons. The monoisotopic (exact) mass is 649 g/mol. The van der Waals surface area contributed by atoms with Crippen LogP contribution in [0.4, 0.5) is 0 Å². The molecule has 47 heavy (non-hydrogen) atoms. The first-order valence-corrected chi connectivity index (χ1v) is 18.6. The Morgan fingerprint density at radius 3 is 2.36 bits per heavy atom. The third-order valence-electron chi connectivity index (χ3n) is 15.4. The number of Topliss-reactive ketones (excluding diaryl/α,β-unsaturated/α-hetero) is 1. The molecule has 0 aromatic carbocycles. The van der Waals surface area contributed by atoms with E-state index in [9.17, 15) is 24.8 Å². The molecule has 7 heteroatoms. The molecule has 0 saturated heterocycles. The fourth-order valence-corrected chi connectivity index (χ4v) is 13.1. The van der Waals surface area contributed by atoms with Crippen molar-refractivity contribution in [3.63, 3.8) is 0 Å². The summed E-state index contributed by atoms with van der Waals surface area (Å²) in [5.74, 6) is 1.27. The topological polar surface area (TPSA) is 107 Å². The molecule has 6 aliphatic rings. The number of hydrogen-bond acceptors (Lipinski definition) is 6. The summed E-state index contributed by atoms with van der Waals surface area (Å²) >= 11 is 0. The number of ketones is 1. The molecule has 0 aromatic heterocycles.